The predicted octanol–water partition coefficient (Wildman–Crippen LogP) is 3.40. The molecule has 17 heavy (non-hydrogen) atoms. The van der Waals surface area contributed by atoms with Crippen LogP contribution in [-0.4, -0.2) is 17.0 Å². The maximum atomic E-state index is 13.3. The fourth-order valence-electron chi connectivity index (χ4n) is 1.46. The van der Waals surface area contributed by atoms with Gasteiger partial charge in [0, 0.05) is 17.9 Å². The zero-order valence-electron chi connectivity index (χ0n) is 9.14. The molecule has 2 rings (SSSR count). The van der Waals surface area contributed by atoms with E-state index in [1.807, 2.05) is 6.92 Å². The molecule has 1 aliphatic rings. The summed E-state index contributed by atoms with van der Waals surface area (Å²) in [6.45, 7) is 2.00. The van der Waals surface area contributed by atoms with Crippen LogP contribution < -0.4 is 5.32 Å². The second-order valence-electron chi connectivity index (χ2n) is 3.68. The average Bonchev–Trinajstić information content (AvgIpc) is 2.73. The van der Waals surface area contributed by atoms with Crippen molar-refractivity contribution in [2.75, 3.05) is 11.1 Å². The second-order valence-corrected chi connectivity index (χ2v) is 4.69. The Hall–Kier alpha value is -1.17. The number of benzene rings is 1. The van der Waals surface area contributed by atoms with Crippen LogP contribution in [0.3, 0.4) is 0 Å². The summed E-state index contributed by atoms with van der Waals surface area (Å²) in [5, 5.41) is 3.11. The summed E-state index contributed by atoms with van der Waals surface area (Å²) in [6.07, 6.45) is 0.887. The van der Waals surface area contributed by atoms with Crippen molar-refractivity contribution in [1.29, 1.82) is 0 Å². The molecular formula is C11H11F3N2S. The Kier molecular flexibility index (Phi) is 3.61. The second kappa shape index (κ2) is 5.00. The minimum atomic E-state index is -1.21. The minimum Gasteiger partial charge on any atom is -0.332 e. The van der Waals surface area contributed by atoms with E-state index in [0.717, 1.165) is 18.2 Å². The van der Waals surface area contributed by atoms with Gasteiger partial charge in [-0.2, -0.15) is 0 Å². The number of amidine groups is 1. The van der Waals surface area contributed by atoms with Crippen LogP contribution in [0, 0.1) is 17.5 Å². The molecule has 0 bridgehead atoms. The first-order valence-electron chi connectivity index (χ1n) is 5.22. The molecule has 0 aliphatic carbocycles. The van der Waals surface area contributed by atoms with E-state index in [1.165, 1.54) is 11.8 Å². The van der Waals surface area contributed by atoms with Crippen molar-refractivity contribution in [3.8, 4) is 0 Å². The first-order valence-corrected chi connectivity index (χ1v) is 6.21. The van der Waals surface area contributed by atoms with Gasteiger partial charge in [0.25, 0.3) is 0 Å². The zero-order chi connectivity index (χ0) is 12.4. The molecule has 0 saturated heterocycles. The molecule has 0 saturated carbocycles. The third-order valence-electron chi connectivity index (χ3n) is 2.42. The van der Waals surface area contributed by atoms with E-state index in [9.17, 15) is 13.2 Å². The van der Waals surface area contributed by atoms with Crippen LogP contribution in [0.5, 0.6) is 0 Å². The Bertz CT molecular complexity index is 462. The lowest BCUT2D eigenvalue weighted by atomic mass is 10.3. The van der Waals surface area contributed by atoms with Crippen LogP contribution in [0.15, 0.2) is 17.1 Å². The fraction of sp³-hybridized carbons (Fsp3) is 0.364. The monoisotopic (exact) mass is 260 g/mol. The number of rotatable bonds is 2. The number of hydrogen-bond acceptors (Lipinski definition) is 3. The molecule has 0 fully saturated rings. The summed E-state index contributed by atoms with van der Waals surface area (Å²) < 4.78 is 39.2. The summed E-state index contributed by atoms with van der Waals surface area (Å²) >= 11 is 1.42. The van der Waals surface area contributed by atoms with Crippen LogP contribution in [0.1, 0.15) is 13.3 Å². The van der Waals surface area contributed by atoms with Gasteiger partial charge in [-0.3, -0.25) is 4.99 Å². The third-order valence-corrected chi connectivity index (χ3v) is 3.45. The normalized spacial score (nSPS) is 19.3. The van der Waals surface area contributed by atoms with Crippen LogP contribution in [0.4, 0.5) is 18.9 Å². The fourth-order valence-corrected chi connectivity index (χ4v) is 2.52. The standard InChI is InChI=1S/C11H11F3N2S/c1-2-7-5-17-11(15-7)16-9-4-6(12)3-8(13)10(9)14/h3-4,7H,2,5H2,1H3,(H,15,16). The molecule has 1 unspecified atom stereocenters. The molecule has 1 aliphatic heterocycles. The molecule has 1 N–H and O–H groups in total. The van der Waals surface area contributed by atoms with Gasteiger partial charge in [-0.25, -0.2) is 13.2 Å². The maximum Gasteiger partial charge on any atom is 0.182 e. The van der Waals surface area contributed by atoms with Gasteiger partial charge in [-0.15, -0.1) is 0 Å². The number of aliphatic imine (C=N–C) groups is 1. The van der Waals surface area contributed by atoms with Crippen molar-refractivity contribution in [2.24, 2.45) is 4.99 Å². The van der Waals surface area contributed by atoms with Crippen LogP contribution in [0.2, 0.25) is 0 Å². The highest BCUT2D eigenvalue weighted by Gasteiger charge is 2.19. The smallest absolute Gasteiger partial charge is 0.182 e. The zero-order valence-corrected chi connectivity index (χ0v) is 9.95. The first-order chi connectivity index (χ1) is 8.10. The molecule has 92 valence electrons. The van der Waals surface area contributed by atoms with Gasteiger partial charge in [0.2, 0.25) is 0 Å². The molecule has 1 aromatic rings. The Morgan fingerprint density at radius 2 is 2.18 bits per heavy atom. The van der Waals surface area contributed by atoms with Gasteiger partial charge in [-0.1, -0.05) is 18.7 Å². The largest absolute Gasteiger partial charge is 0.332 e. The Labute approximate surface area is 101 Å². The number of thioether (sulfide) groups is 1. The lowest BCUT2D eigenvalue weighted by Gasteiger charge is -2.06. The average molecular weight is 260 g/mol. The number of halogens is 3. The van der Waals surface area contributed by atoms with E-state index < -0.39 is 17.5 Å². The lowest BCUT2D eigenvalue weighted by molar-refractivity contribution is 0.498. The van der Waals surface area contributed by atoms with Gasteiger partial charge < -0.3 is 5.32 Å². The molecule has 1 atom stereocenters. The summed E-state index contributed by atoms with van der Waals surface area (Å²) in [5.41, 5.74) is -0.217. The SMILES string of the molecule is CCC1CSC(Nc2cc(F)cc(F)c2F)=N1. The summed E-state index contributed by atoms with van der Waals surface area (Å²) in [6, 6.07) is 1.61. The van der Waals surface area contributed by atoms with Gasteiger partial charge >= 0.3 is 0 Å². The van der Waals surface area contributed by atoms with E-state index >= 15 is 0 Å². The van der Waals surface area contributed by atoms with Gasteiger partial charge in [0.15, 0.2) is 16.8 Å². The Morgan fingerprint density at radius 3 is 2.82 bits per heavy atom. The van der Waals surface area contributed by atoms with Crippen molar-refractivity contribution >= 4 is 22.6 Å². The van der Waals surface area contributed by atoms with Crippen LogP contribution >= 0.6 is 11.8 Å². The highest BCUT2D eigenvalue weighted by molar-refractivity contribution is 8.14. The van der Waals surface area contributed by atoms with E-state index in [4.69, 9.17) is 0 Å². The van der Waals surface area contributed by atoms with Crippen molar-refractivity contribution in [1.82, 2.24) is 0 Å². The van der Waals surface area contributed by atoms with E-state index in [1.54, 1.807) is 0 Å². The molecule has 1 heterocycles. The minimum absolute atomic E-state index is 0.184. The van der Waals surface area contributed by atoms with Crippen molar-refractivity contribution in [3.05, 3.63) is 29.6 Å². The molecular weight excluding hydrogens is 249 g/mol. The van der Waals surface area contributed by atoms with E-state index in [2.05, 4.69) is 10.3 Å². The highest BCUT2D eigenvalue weighted by Crippen LogP contribution is 2.24. The quantitative estimate of drug-likeness (QED) is 0.824. The van der Waals surface area contributed by atoms with Crippen molar-refractivity contribution < 1.29 is 13.2 Å². The van der Waals surface area contributed by atoms with Gasteiger partial charge in [0.1, 0.15) is 5.82 Å². The van der Waals surface area contributed by atoms with E-state index in [0.29, 0.717) is 11.2 Å². The number of anilines is 1. The molecule has 2 nitrogen and oxygen atoms in total. The first kappa shape index (κ1) is 12.3. The van der Waals surface area contributed by atoms with Crippen LogP contribution in [0.25, 0.3) is 0 Å². The van der Waals surface area contributed by atoms with Gasteiger partial charge in [0.05, 0.1) is 11.7 Å². The predicted molar refractivity (Wildman–Crippen MR) is 63.9 cm³/mol. The highest BCUT2D eigenvalue weighted by atomic mass is 32.2. The molecule has 1 aromatic carbocycles. The third kappa shape index (κ3) is 2.74. The molecule has 6 heteroatoms. The summed E-state index contributed by atoms with van der Waals surface area (Å²) in [7, 11) is 0. The summed E-state index contributed by atoms with van der Waals surface area (Å²) in [4.78, 5) is 4.26. The van der Waals surface area contributed by atoms with E-state index in [-0.39, 0.29) is 11.7 Å². The lowest BCUT2D eigenvalue weighted by Crippen LogP contribution is -2.08. The van der Waals surface area contributed by atoms with Crippen molar-refractivity contribution in [3.63, 3.8) is 0 Å². The maximum absolute atomic E-state index is 13.3. The van der Waals surface area contributed by atoms with Crippen LogP contribution in [-0.2, 0) is 0 Å². The molecule has 0 amide bonds. The Morgan fingerprint density at radius 1 is 1.41 bits per heavy atom. The van der Waals surface area contributed by atoms with Crippen molar-refractivity contribution in [2.45, 2.75) is 19.4 Å². The number of nitrogens with zero attached hydrogens (tertiary/aromatic N) is 1. The molecule has 0 spiro atoms. The Balaban J connectivity index is 2.19. The number of hydrogen-bond donors (Lipinski definition) is 1. The topological polar surface area (TPSA) is 24.4 Å². The number of nitrogens with one attached hydrogen (secondary N) is 1. The van der Waals surface area contributed by atoms with Gasteiger partial charge in [-0.05, 0) is 6.42 Å². The molecule has 0 aromatic heterocycles. The molecule has 0 radical (unpaired) electrons. The summed E-state index contributed by atoms with van der Waals surface area (Å²) in [5.74, 6) is -2.31.